The Morgan fingerprint density at radius 3 is 2.23 bits per heavy atom. The zero-order valence-electron chi connectivity index (χ0n) is 38.9. The average molecular weight is 876 g/mol. The summed E-state index contributed by atoms with van der Waals surface area (Å²) >= 11 is 0. The van der Waals surface area contributed by atoms with Crippen molar-refractivity contribution >= 4 is 17.6 Å². The molecule has 2 aliphatic heterocycles. The van der Waals surface area contributed by atoms with Crippen LogP contribution in [0.5, 0.6) is 5.75 Å². The summed E-state index contributed by atoms with van der Waals surface area (Å²) in [5, 5.41) is 11.1. The molecule has 0 aromatic heterocycles. The zero-order chi connectivity index (χ0) is 46.0. The van der Waals surface area contributed by atoms with E-state index in [4.69, 9.17) is 47.7 Å². The highest BCUT2D eigenvalue weighted by Gasteiger charge is 2.49. The van der Waals surface area contributed by atoms with Crippen molar-refractivity contribution in [2.24, 2.45) is 23.7 Å². The minimum atomic E-state index is -0.775. The fourth-order valence-corrected chi connectivity index (χ4v) is 7.85. The summed E-state index contributed by atoms with van der Waals surface area (Å²) in [7, 11) is 0. The van der Waals surface area contributed by atoms with E-state index in [-0.39, 0.29) is 60.2 Å². The Balaban J connectivity index is 1.88. The van der Waals surface area contributed by atoms with Crippen LogP contribution in [0.25, 0.3) is 0 Å². The minimum absolute atomic E-state index is 0.00455. The molecule has 0 radical (unpaired) electrons. The molecule has 13 unspecified atom stereocenters. The van der Waals surface area contributed by atoms with Gasteiger partial charge in [-0.2, -0.15) is 0 Å². The molecular weight excluding hydrogens is 803 g/mol. The van der Waals surface area contributed by atoms with Gasteiger partial charge in [-0.1, -0.05) is 58.1 Å². The third-order valence-corrected chi connectivity index (χ3v) is 11.2. The van der Waals surface area contributed by atoms with E-state index < -0.39 is 53.2 Å². The highest BCUT2D eigenvalue weighted by molar-refractivity contribution is 5.74. The highest BCUT2D eigenvalue weighted by Crippen LogP contribution is 2.40. The van der Waals surface area contributed by atoms with Crippen LogP contribution in [0.2, 0.25) is 0 Å². The Morgan fingerprint density at radius 2 is 1.60 bits per heavy atom. The van der Waals surface area contributed by atoms with Crippen molar-refractivity contribution in [3.05, 3.63) is 70.3 Å². The van der Waals surface area contributed by atoms with Gasteiger partial charge in [0.25, 0.3) is 5.69 Å². The number of hydrogen-bond acceptors (Lipinski definition) is 14. The number of nitro benzene ring substituents is 1. The number of benzene rings is 1. The van der Waals surface area contributed by atoms with Gasteiger partial charge in [0.05, 0.1) is 47.3 Å². The van der Waals surface area contributed by atoms with E-state index >= 15 is 0 Å². The molecule has 1 aromatic carbocycles. The molecule has 15 nitrogen and oxygen atoms in total. The fraction of sp³-hybridized carbons (Fsp3) is 0.702. The molecule has 0 saturated carbocycles. The van der Waals surface area contributed by atoms with Gasteiger partial charge in [0.2, 0.25) is 0 Å². The molecule has 2 aliphatic rings. The smallest absolute Gasteiger partial charge is 0.362 e. The molecule has 3 rings (SSSR count). The van der Waals surface area contributed by atoms with Crippen LogP contribution >= 0.6 is 0 Å². The van der Waals surface area contributed by atoms with E-state index in [0.717, 1.165) is 12.0 Å². The lowest BCUT2D eigenvalue weighted by molar-refractivity contribution is -0.384. The van der Waals surface area contributed by atoms with Crippen LogP contribution in [-0.2, 0) is 52.4 Å². The van der Waals surface area contributed by atoms with Crippen LogP contribution in [0.1, 0.15) is 115 Å². The van der Waals surface area contributed by atoms with Crippen LogP contribution in [0.3, 0.4) is 0 Å². The van der Waals surface area contributed by atoms with E-state index in [1.54, 1.807) is 13.0 Å². The third kappa shape index (κ3) is 17.5. The first-order valence-corrected chi connectivity index (χ1v) is 22.3. The molecule has 1 saturated heterocycles. The van der Waals surface area contributed by atoms with E-state index in [2.05, 4.69) is 13.8 Å². The predicted octanol–water partition coefficient (Wildman–Crippen LogP) is 9.37. The Kier molecular flexibility index (Phi) is 22.2. The standard InChI is InChI=1S/C47H73NO14/c1-13-41(57-35(10)54-15-3)33(8)45-42(58-45)29-47(12,60-36(11)55-16-4)27-17-18-31(6)44-32(7)20-26-40(46(50)62-61-38-24-21-37(22-25-38)48(51)52)30(5)19-23-39(28-43(49)59-44)56-34(9)53-14-2/h17-18,20-22,24-27,30,32-36,39-42,44-45H,13-16,19,23,28-29H2,1-12H3. The van der Waals surface area contributed by atoms with Crippen molar-refractivity contribution in [1.29, 1.82) is 0 Å². The first-order valence-electron chi connectivity index (χ1n) is 22.3. The summed E-state index contributed by atoms with van der Waals surface area (Å²) in [5.74, 6) is -2.15. The molecule has 0 aliphatic carbocycles. The zero-order valence-corrected chi connectivity index (χ0v) is 38.9. The molecule has 15 heteroatoms. The maximum Gasteiger partial charge on any atom is 0.362 e. The van der Waals surface area contributed by atoms with Crippen LogP contribution in [0.15, 0.2) is 60.2 Å². The summed E-state index contributed by atoms with van der Waals surface area (Å²) in [5.41, 5.74) is -0.134. The van der Waals surface area contributed by atoms with Crippen LogP contribution < -0.4 is 4.89 Å². The van der Waals surface area contributed by atoms with Gasteiger partial charge >= 0.3 is 11.9 Å². The Labute approximate surface area is 368 Å². The van der Waals surface area contributed by atoms with Crippen LogP contribution in [0.4, 0.5) is 5.69 Å². The fourth-order valence-electron chi connectivity index (χ4n) is 7.85. The number of carbonyl (C=O) groups is 2. The van der Waals surface area contributed by atoms with E-state index in [9.17, 15) is 19.7 Å². The van der Waals surface area contributed by atoms with Gasteiger partial charge in [-0.05, 0) is 98.3 Å². The number of allylic oxidation sites excluding steroid dienone is 2. The van der Waals surface area contributed by atoms with Crippen molar-refractivity contribution < 1.29 is 62.2 Å². The Bertz CT molecular complexity index is 1620. The minimum Gasteiger partial charge on any atom is -0.457 e. The maximum absolute atomic E-state index is 13.6. The molecule has 62 heavy (non-hydrogen) atoms. The number of epoxide rings is 1. The first kappa shape index (κ1) is 52.6. The van der Waals surface area contributed by atoms with Crippen molar-refractivity contribution in [2.75, 3.05) is 19.8 Å². The van der Waals surface area contributed by atoms with Gasteiger partial charge in [0.1, 0.15) is 6.10 Å². The molecule has 0 bridgehead atoms. The molecule has 13 atom stereocenters. The number of cyclic esters (lactones) is 1. The molecular formula is C47H73NO14. The summed E-state index contributed by atoms with van der Waals surface area (Å²) < 4.78 is 48.4. The lowest BCUT2D eigenvalue weighted by Crippen LogP contribution is -2.35. The lowest BCUT2D eigenvalue weighted by Gasteiger charge is -2.30. The van der Waals surface area contributed by atoms with Crippen molar-refractivity contribution in [2.45, 2.75) is 170 Å². The first-order chi connectivity index (χ1) is 29.4. The number of rotatable bonds is 24. The highest BCUT2D eigenvalue weighted by atomic mass is 17.2. The summed E-state index contributed by atoms with van der Waals surface area (Å²) in [6.45, 7) is 24.8. The Hall–Kier alpha value is -3.70. The average Bonchev–Trinajstić information content (AvgIpc) is 3.98. The van der Waals surface area contributed by atoms with Crippen molar-refractivity contribution in [3.8, 4) is 5.75 Å². The topological polar surface area (TPSA) is 173 Å². The van der Waals surface area contributed by atoms with Gasteiger partial charge in [-0.3, -0.25) is 19.8 Å². The van der Waals surface area contributed by atoms with Crippen molar-refractivity contribution in [3.63, 3.8) is 0 Å². The second kappa shape index (κ2) is 26.2. The number of carbonyl (C=O) groups excluding carboxylic acids is 2. The largest absolute Gasteiger partial charge is 0.457 e. The summed E-state index contributed by atoms with van der Waals surface area (Å²) in [6, 6.07) is 5.23. The molecule has 1 fully saturated rings. The van der Waals surface area contributed by atoms with E-state index in [0.29, 0.717) is 39.1 Å². The normalized spacial score (nSPS) is 27.1. The molecule has 0 amide bonds. The summed E-state index contributed by atoms with van der Waals surface area (Å²) in [4.78, 5) is 48.3. The Morgan fingerprint density at radius 1 is 0.952 bits per heavy atom. The van der Waals surface area contributed by atoms with Crippen LogP contribution in [0, 0.1) is 33.8 Å². The van der Waals surface area contributed by atoms with Gasteiger partial charge in [-0.15, -0.1) is 0 Å². The maximum atomic E-state index is 13.6. The van der Waals surface area contributed by atoms with Crippen molar-refractivity contribution in [1.82, 2.24) is 0 Å². The molecule has 0 N–H and O–H groups in total. The van der Waals surface area contributed by atoms with Gasteiger partial charge in [0.15, 0.2) is 24.6 Å². The molecule has 1 aromatic rings. The predicted molar refractivity (Wildman–Crippen MR) is 233 cm³/mol. The second-order valence-corrected chi connectivity index (χ2v) is 16.5. The molecule has 0 spiro atoms. The number of hydrogen-bond donors (Lipinski definition) is 0. The van der Waals surface area contributed by atoms with Gasteiger partial charge < -0.3 is 37.9 Å². The number of non-ortho nitro benzene ring substituents is 1. The van der Waals surface area contributed by atoms with Gasteiger partial charge in [0, 0.05) is 50.2 Å². The molecule has 350 valence electrons. The second-order valence-electron chi connectivity index (χ2n) is 16.5. The summed E-state index contributed by atoms with van der Waals surface area (Å²) in [6.07, 6.45) is 9.05. The third-order valence-electron chi connectivity index (χ3n) is 11.2. The van der Waals surface area contributed by atoms with E-state index in [1.165, 1.54) is 24.3 Å². The number of ether oxygens (including phenoxy) is 8. The lowest BCUT2D eigenvalue weighted by atomic mass is 9.86. The van der Waals surface area contributed by atoms with Crippen LogP contribution in [-0.4, -0.2) is 91.7 Å². The van der Waals surface area contributed by atoms with E-state index in [1.807, 2.05) is 86.6 Å². The SMILES string of the molecule is CCOC(C)OC1CCC(C)C(C(=O)OOc2ccc([N+](=O)[O-])cc2)C=CC(C)C(C(C)=CC=CC(C)(CC2OC2C(C)C(CC)OC(C)OCC)OC(C)OCC)OC(=O)C1. The molecule has 2 heterocycles. The number of nitrogens with zero attached hydrogens (tertiary/aromatic N) is 1. The van der Waals surface area contributed by atoms with Gasteiger partial charge in [-0.25, -0.2) is 9.68 Å². The quantitative estimate of drug-likeness (QED) is 0.0140. The number of nitro groups is 1. The number of esters is 1. The monoisotopic (exact) mass is 876 g/mol.